The van der Waals surface area contributed by atoms with Crippen LogP contribution in [0.3, 0.4) is 0 Å². The molecular weight excluding hydrogens is 248 g/mol. The van der Waals surface area contributed by atoms with Crippen LogP contribution in [0.4, 0.5) is 0 Å². The zero-order valence-electron chi connectivity index (χ0n) is 7.53. The molecule has 0 aromatic heterocycles. The molecule has 74 valence electrons. The Labute approximate surface area is 90.1 Å². The number of carboxylic acid groups (broad SMARTS) is 1. The van der Waals surface area contributed by atoms with Crippen molar-refractivity contribution in [2.24, 2.45) is 0 Å². The monoisotopic (exact) mass is 256 g/mol. The van der Waals surface area contributed by atoms with Gasteiger partial charge in [0.25, 0.3) is 0 Å². The Kier molecular flexibility index (Phi) is 3.71. The first-order chi connectivity index (χ1) is 6.66. The number of hydrogen-bond acceptors (Lipinski definition) is 2. The second kappa shape index (κ2) is 4.81. The van der Waals surface area contributed by atoms with Crippen LogP contribution < -0.4 is 0 Å². The fourth-order valence-electron chi connectivity index (χ4n) is 1.03. The van der Waals surface area contributed by atoms with Crippen LogP contribution in [0.5, 0.6) is 0 Å². The molecule has 0 saturated heterocycles. The molecule has 0 aliphatic heterocycles. The van der Waals surface area contributed by atoms with Crippen molar-refractivity contribution in [2.45, 2.75) is 0 Å². The largest absolute Gasteiger partial charge is 0.503 e. The summed E-state index contributed by atoms with van der Waals surface area (Å²) in [5.74, 6) is -1.02. The van der Waals surface area contributed by atoms with Crippen molar-refractivity contribution in [2.75, 3.05) is 7.11 Å². The molecule has 1 rings (SSSR count). The number of aliphatic carboxylic acids is 1. The van der Waals surface area contributed by atoms with E-state index in [1.54, 1.807) is 18.2 Å². The lowest BCUT2D eigenvalue weighted by Gasteiger charge is -2.04. The van der Waals surface area contributed by atoms with Gasteiger partial charge in [0.15, 0.2) is 0 Å². The van der Waals surface area contributed by atoms with Crippen molar-refractivity contribution in [3.05, 3.63) is 40.6 Å². The average molecular weight is 257 g/mol. The normalized spacial score (nSPS) is 11.1. The molecule has 0 fully saturated rings. The number of ether oxygens (including phenoxy) is 1. The summed E-state index contributed by atoms with van der Waals surface area (Å²) in [6.45, 7) is 0. The molecule has 1 aromatic carbocycles. The van der Waals surface area contributed by atoms with E-state index in [0.717, 1.165) is 4.47 Å². The number of hydrogen-bond donors (Lipinski definition) is 1. The number of methoxy groups -OCH3 is 1. The molecule has 0 heterocycles. The Morgan fingerprint density at radius 1 is 1.50 bits per heavy atom. The molecule has 3 nitrogen and oxygen atoms in total. The van der Waals surface area contributed by atoms with Gasteiger partial charge >= 0.3 is 5.97 Å². The SMILES string of the molecule is CO/C=C(/C(=O)O)c1ccccc1Br. The van der Waals surface area contributed by atoms with Gasteiger partial charge in [-0.2, -0.15) is 0 Å². The summed E-state index contributed by atoms with van der Waals surface area (Å²) in [6.07, 6.45) is 1.21. The number of carbonyl (C=O) groups is 1. The van der Waals surface area contributed by atoms with Gasteiger partial charge in [-0.1, -0.05) is 34.1 Å². The van der Waals surface area contributed by atoms with Crippen LogP contribution in [0.15, 0.2) is 35.0 Å². The highest BCUT2D eigenvalue weighted by molar-refractivity contribution is 9.10. The lowest BCUT2D eigenvalue weighted by Crippen LogP contribution is -2.00. The van der Waals surface area contributed by atoms with Crippen molar-refractivity contribution in [3.63, 3.8) is 0 Å². The van der Waals surface area contributed by atoms with Crippen LogP contribution in [0, 0.1) is 0 Å². The van der Waals surface area contributed by atoms with Gasteiger partial charge in [-0.25, -0.2) is 4.79 Å². The Bertz CT molecular complexity index is 371. The highest BCUT2D eigenvalue weighted by Crippen LogP contribution is 2.24. The van der Waals surface area contributed by atoms with Crippen molar-refractivity contribution in [1.82, 2.24) is 0 Å². The lowest BCUT2D eigenvalue weighted by molar-refractivity contribution is -0.130. The Balaban J connectivity index is 3.19. The zero-order chi connectivity index (χ0) is 10.6. The van der Waals surface area contributed by atoms with Crippen LogP contribution in [0.1, 0.15) is 5.56 Å². The molecule has 0 spiro atoms. The minimum absolute atomic E-state index is 0.125. The maximum atomic E-state index is 10.9. The van der Waals surface area contributed by atoms with Gasteiger partial charge in [-0.05, 0) is 6.07 Å². The summed E-state index contributed by atoms with van der Waals surface area (Å²) in [4.78, 5) is 10.9. The molecule has 0 bridgehead atoms. The predicted octanol–water partition coefficient (Wildman–Crippen LogP) is 2.52. The van der Waals surface area contributed by atoms with E-state index in [9.17, 15) is 4.79 Å². The summed E-state index contributed by atoms with van der Waals surface area (Å²) < 4.78 is 5.44. The third kappa shape index (κ3) is 2.35. The summed E-state index contributed by atoms with van der Waals surface area (Å²) >= 11 is 3.28. The maximum absolute atomic E-state index is 10.9. The fraction of sp³-hybridized carbons (Fsp3) is 0.100. The summed E-state index contributed by atoms with van der Waals surface area (Å²) in [7, 11) is 1.42. The topological polar surface area (TPSA) is 46.5 Å². The molecule has 1 N–H and O–H groups in total. The molecule has 14 heavy (non-hydrogen) atoms. The van der Waals surface area contributed by atoms with Gasteiger partial charge in [0, 0.05) is 10.0 Å². The first kappa shape index (κ1) is 10.8. The summed E-state index contributed by atoms with van der Waals surface area (Å²) in [6, 6.07) is 7.08. The van der Waals surface area contributed by atoms with Crippen LogP contribution in [0.25, 0.3) is 5.57 Å². The van der Waals surface area contributed by atoms with E-state index < -0.39 is 5.97 Å². The van der Waals surface area contributed by atoms with Gasteiger partial charge in [0.05, 0.1) is 13.4 Å². The molecule has 0 radical (unpaired) electrons. The molecule has 0 aliphatic carbocycles. The number of halogens is 1. The third-order valence-corrected chi connectivity index (χ3v) is 2.32. The molecule has 0 amide bonds. The van der Waals surface area contributed by atoms with E-state index >= 15 is 0 Å². The molecule has 1 aromatic rings. The fourth-order valence-corrected chi connectivity index (χ4v) is 1.52. The quantitative estimate of drug-likeness (QED) is 0.668. The second-order valence-electron chi connectivity index (χ2n) is 2.55. The third-order valence-electron chi connectivity index (χ3n) is 1.63. The highest BCUT2D eigenvalue weighted by atomic mass is 79.9. The number of benzene rings is 1. The standard InChI is InChI=1S/C10H9BrO3/c1-14-6-8(10(12)13)7-4-2-3-5-9(7)11/h2-6H,1H3,(H,12,13)/b8-6+. The minimum atomic E-state index is -1.02. The molecular formula is C10H9BrO3. The smallest absolute Gasteiger partial charge is 0.339 e. The zero-order valence-corrected chi connectivity index (χ0v) is 9.11. The number of rotatable bonds is 3. The van der Waals surface area contributed by atoms with E-state index in [2.05, 4.69) is 15.9 Å². The van der Waals surface area contributed by atoms with Crippen molar-refractivity contribution in [1.29, 1.82) is 0 Å². The van der Waals surface area contributed by atoms with E-state index in [4.69, 9.17) is 9.84 Å². The lowest BCUT2D eigenvalue weighted by atomic mass is 10.1. The maximum Gasteiger partial charge on any atom is 0.339 e. The Morgan fingerprint density at radius 2 is 2.14 bits per heavy atom. The van der Waals surface area contributed by atoms with Crippen LogP contribution >= 0.6 is 15.9 Å². The average Bonchev–Trinajstić information content (AvgIpc) is 2.15. The molecule has 0 unspecified atom stereocenters. The van der Waals surface area contributed by atoms with Crippen molar-refractivity contribution in [3.8, 4) is 0 Å². The van der Waals surface area contributed by atoms with Crippen molar-refractivity contribution < 1.29 is 14.6 Å². The highest BCUT2D eigenvalue weighted by Gasteiger charge is 2.13. The Morgan fingerprint density at radius 3 is 2.64 bits per heavy atom. The van der Waals surface area contributed by atoms with Crippen LogP contribution in [-0.4, -0.2) is 18.2 Å². The molecule has 0 saturated carbocycles. The summed E-state index contributed by atoms with van der Waals surface area (Å²) in [5.41, 5.74) is 0.724. The van der Waals surface area contributed by atoms with Crippen LogP contribution in [0.2, 0.25) is 0 Å². The molecule has 4 heteroatoms. The predicted molar refractivity (Wildman–Crippen MR) is 56.8 cm³/mol. The summed E-state index contributed by atoms with van der Waals surface area (Å²) in [5, 5.41) is 8.91. The van der Waals surface area contributed by atoms with Gasteiger partial charge < -0.3 is 9.84 Å². The number of carboxylic acids is 1. The van der Waals surface area contributed by atoms with E-state index in [1.165, 1.54) is 13.4 Å². The van der Waals surface area contributed by atoms with Crippen molar-refractivity contribution >= 4 is 27.5 Å². The van der Waals surface area contributed by atoms with Gasteiger partial charge in [0.2, 0.25) is 0 Å². The van der Waals surface area contributed by atoms with E-state index in [-0.39, 0.29) is 5.57 Å². The molecule has 0 aliphatic rings. The van der Waals surface area contributed by atoms with Gasteiger partial charge in [-0.15, -0.1) is 0 Å². The van der Waals surface area contributed by atoms with Gasteiger partial charge in [-0.3, -0.25) is 0 Å². The first-order valence-electron chi connectivity index (χ1n) is 3.88. The van der Waals surface area contributed by atoms with E-state index in [0.29, 0.717) is 5.56 Å². The minimum Gasteiger partial charge on any atom is -0.503 e. The van der Waals surface area contributed by atoms with E-state index in [1.807, 2.05) is 6.07 Å². The second-order valence-corrected chi connectivity index (χ2v) is 3.41. The first-order valence-corrected chi connectivity index (χ1v) is 4.67. The van der Waals surface area contributed by atoms with Gasteiger partial charge in [0.1, 0.15) is 5.57 Å². The molecule has 0 atom stereocenters. The Hall–Kier alpha value is -1.29. The van der Waals surface area contributed by atoms with Crippen LogP contribution in [-0.2, 0) is 9.53 Å².